The highest BCUT2D eigenvalue weighted by Crippen LogP contribution is 2.37. The summed E-state index contributed by atoms with van der Waals surface area (Å²) >= 11 is 0. The number of benzene rings is 1. The molecule has 3 rings (SSSR count). The molecule has 0 spiro atoms. The van der Waals surface area contributed by atoms with Gasteiger partial charge in [-0.2, -0.15) is 0 Å². The Morgan fingerprint density at radius 1 is 1.23 bits per heavy atom. The Bertz CT molecular complexity index is 778. The van der Waals surface area contributed by atoms with Gasteiger partial charge in [-0.25, -0.2) is 8.42 Å². The smallest absolute Gasteiger partial charge is 0.211 e. The number of sulfone groups is 1. The highest BCUT2D eigenvalue weighted by Gasteiger charge is 2.52. The van der Waals surface area contributed by atoms with Crippen LogP contribution < -0.4 is 5.73 Å². The Balaban J connectivity index is 2.17. The third kappa shape index (κ3) is 2.20. The highest BCUT2D eigenvalue weighted by atomic mass is 32.2. The molecule has 2 atom stereocenters. The molecular weight excluding hydrogens is 302 g/mol. The molecule has 0 fully saturated rings. The average Bonchev–Trinajstić information content (AvgIpc) is 3.20. The van der Waals surface area contributed by atoms with Crippen LogP contribution in [0.1, 0.15) is 11.3 Å². The molecule has 0 radical (unpaired) electrons. The van der Waals surface area contributed by atoms with E-state index in [0.29, 0.717) is 6.61 Å². The number of hydrogen-bond donors (Lipinski definition) is 1. The van der Waals surface area contributed by atoms with Crippen molar-refractivity contribution in [3.8, 4) is 0 Å². The molecule has 5 nitrogen and oxygen atoms in total. The third-order valence-corrected chi connectivity index (χ3v) is 6.00. The predicted octanol–water partition coefficient (Wildman–Crippen LogP) is 2.13. The fourth-order valence-corrected chi connectivity index (χ4v) is 4.22. The molecule has 1 aromatic carbocycles. The summed E-state index contributed by atoms with van der Waals surface area (Å²) in [7, 11) is -3.92. The monoisotopic (exact) mass is 319 g/mol. The zero-order valence-corrected chi connectivity index (χ0v) is 12.9. The van der Waals surface area contributed by atoms with Gasteiger partial charge in [-0.1, -0.05) is 29.8 Å². The topological polar surface area (TPSA) is 82.5 Å². The van der Waals surface area contributed by atoms with Crippen molar-refractivity contribution in [2.75, 3.05) is 6.61 Å². The van der Waals surface area contributed by atoms with Crippen LogP contribution in [0.15, 0.2) is 64.1 Å². The number of hydrogen-bond acceptors (Lipinski definition) is 5. The molecule has 1 aliphatic heterocycles. The lowest BCUT2D eigenvalue weighted by molar-refractivity contribution is 0.0850. The van der Waals surface area contributed by atoms with Crippen LogP contribution in [-0.4, -0.2) is 21.1 Å². The van der Waals surface area contributed by atoms with Gasteiger partial charge in [-0.15, -0.1) is 0 Å². The van der Waals surface area contributed by atoms with Crippen molar-refractivity contribution in [3.05, 3.63) is 66.1 Å². The van der Waals surface area contributed by atoms with Gasteiger partial charge < -0.3 is 14.9 Å². The molecule has 2 aromatic rings. The second kappa shape index (κ2) is 5.39. The summed E-state index contributed by atoms with van der Waals surface area (Å²) in [6.45, 7) is 2.22. The summed E-state index contributed by atoms with van der Waals surface area (Å²) in [5.74, 6) is 0.157. The fourth-order valence-electron chi connectivity index (χ4n) is 2.50. The summed E-state index contributed by atoms with van der Waals surface area (Å²) in [4.78, 5) is -1.67. The Labute approximate surface area is 129 Å². The van der Waals surface area contributed by atoms with Crippen molar-refractivity contribution < 1.29 is 17.6 Å². The van der Waals surface area contributed by atoms with E-state index in [1.54, 1.807) is 48.6 Å². The Hall–Kier alpha value is -1.89. The first-order valence-corrected chi connectivity index (χ1v) is 8.37. The van der Waals surface area contributed by atoms with E-state index in [9.17, 15) is 8.42 Å². The molecule has 116 valence electrons. The van der Waals surface area contributed by atoms with E-state index in [2.05, 4.69) is 0 Å². The minimum absolute atomic E-state index is 0.140. The SMILES string of the molecule is Cc1ccc(S(=O)(=O)[C@](N)(c2ccco2)[C@H]2C=CCO2)cc1. The first-order valence-electron chi connectivity index (χ1n) is 6.88. The molecule has 1 aliphatic rings. The Morgan fingerprint density at radius 2 is 1.95 bits per heavy atom. The molecule has 2 heterocycles. The molecule has 22 heavy (non-hydrogen) atoms. The minimum atomic E-state index is -3.92. The lowest BCUT2D eigenvalue weighted by Crippen LogP contribution is -2.53. The summed E-state index contributed by atoms with van der Waals surface area (Å²) < 4.78 is 37.1. The van der Waals surface area contributed by atoms with Crippen LogP contribution in [-0.2, 0) is 19.4 Å². The van der Waals surface area contributed by atoms with Crippen LogP contribution in [0.4, 0.5) is 0 Å². The van der Waals surface area contributed by atoms with Crippen LogP contribution in [0.5, 0.6) is 0 Å². The molecule has 0 aliphatic carbocycles. The third-order valence-electron chi connectivity index (χ3n) is 3.79. The lowest BCUT2D eigenvalue weighted by atomic mass is 10.1. The van der Waals surface area contributed by atoms with Crippen LogP contribution in [0, 0.1) is 6.92 Å². The van der Waals surface area contributed by atoms with Crippen LogP contribution in [0.2, 0.25) is 0 Å². The van der Waals surface area contributed by atoms with Crippen molar-refractivity contribution in [3.63, 3.8) is 0 Å². The first-order chi connectivity index (χ1) is 10.5. The maximum Gasteiger partial charge on any atom is 0.211 e. The van der Waals surface area contributed by atoms with Gasteiger partial charge in [-0.05, 0) is 31.2 Å². The average molecular weight is 319 g/mol. The van der Waals surface area contributed by atoms with E-state index in [-0.39, 0.29) is 10.7 Å². The van der Waals surface area contributed by atoms with Gasteiger partial charge in [0, 0.05) is 0 Å². The zero-order chi connectivity index (χ0) is 15.8. The van der Waals surface area contributed by atoms with Gasteiger partial charge in [0.15, 0.2) is 0 Å². The second-order valence-corrected chi connectivity index (χ2v) is 7.42. The standard InChI is InChI=1S/C16H17NO4S/c1-12-6-8-13(9-7-12)22(18,19)16(17,14-4-2-10-20-14)15-5-3-11-21-15/h2-10,15H,11,17H2,1H3/t15-,16-/m1/s1. The number of ether oxygens (including phenoxy) is 1. The van der Waals surface area contributed by atoms with E-state index < -0.39 is 20.8 Å². The van der Waals surface area contributed by atoms with Gasteiger partial charge >= 0.3 is 0 Å². The lowest BCUT2D eigenvalue weighted by Gasteiger charge is -2.31. The van der Waals surface area contributed by atoms with E-state index >= 15 is 0 Å². The fraction of sp³-hybridized carbons (Fsp3) is 0.250. The van der Waals surface area contributed by atoms with Gasteiger partial charge in [0.25, 0.3) is 0 Å². The van der Waals surface area contributed by atoms with E-state index in [1.807, 2.05) is 6.92 Å². The van der Waals surface area contributed by atoms with Gasteiger partial charge in [-0.3, -0.25) is 0 Å². The normalized spacial score (nSPS) is 20.9. The van der Waals surface area contributed by atoms with Crippen molar-refractivity contribution in [1.29, 1.82) is 0 Å². The summed E-state index contributed by atoms with van der Waals surface area (Å²) in [5.41, 5.74) is 7.33. The Morgan fingerprint density at radius 3 is 2.50 bits per heavy atom. The summed E-state index contributed by atoms with van der Waals surface area (Å²) in [6.07, 6.45) is 4.01. The first kappa shape index (κ1) is 15.0. The van der Waals surface area contributed by atoms with Crippen molar-refractivity contribution >= 4 is 9.84 Å². The molecule has 0 bridgehead atoms. The maximum absolute atomic E-state index is 13.2. The quantitative estimate of drug-likeness (QED) is 0.873. The Kier molecular flexibility index (Phi) is 3.68. The molecule has 2 N–H and O–H groups in total. The van der Waals surface area contributed by atoms with Crippen molar-refractivity contribution in [1.82, 2.24) is 0 Å². The van der Waals surface area contributed by atoms with E-state index in [0.717, 1.165) is 5.56 Å². The van der Waals surface area contributed by atoms with Crippen LogP contribution in [0.3, 0.4) is 0 Å². The molecule has 0 unspecified atom stereocenters. The molecule has 1 aromatic heterocycles. The molecule has 0 saturated heterocycles. The number of furan rings is 1. The number of nitrogens with two attached hydrogens (primary N) is 1. The van der Waals surface area contributed by atoms with E-state index in [1.165, 1.54) is 6.26 Å². The minimum Gasteiger partial charge on any atom is -0.466 e. The maximum atomic E-state index is 13.2. The van der Waals surface area contributed by atoms with Gasteiger partial charge in [0.2, 0.25) is 14.7 Å². The summed E-state index contributed by atoms with van der Waals surface area (Å²) in [6, 6.07) is 9.74. The van der Waals surface area contributed by atoms with Crippen LogP contribution >= 0.6 is 0 Å². The second-order valence-electron chi connectivity index (χ2n) is 5.27. The molecular formula is C16H17NO4S. The van der Waals surface area contributed by atoms with Gasteiger partial charge in [0.1, 0.15) is 11.9 Å². The highest BCUT2D eigenvalue weighted by molar-refractivity contribution is 7.92. The predicted molar refractivity (Wildman–Crippen MR) is 81.8 cm³/mol. The molecule has 0 saturated carbocycles. The van der Waals surface area contributed by atoms with Crippen molar-refractivity contribution in [2.24, 2.45) is 5.73 Å². The largest absolute Gasteiger partial charge is 0.466 e. The molecule has 0 amide bonds. The van der Waals surface area contributed by atoms with Gasteiger partial charge in [0.05, 0.1) is 17.8 Å². The molecule has 6 heteroatoms. The number of aryl methyl sites for hydroxylation is 1. The number of rotatable bonds is 4. The van der Waals surface area contributed by atoms with E-state index in [4.69, 9.17) is 14.9 Å². The van der Waals surface area contributed by atoms with Crippen molar-refractivity contribution in [2.45, 2.75) is 22.8 Å². The summed E-state index contributed by atoms with van der Waals surface area (Å²) in [5, 5.41) is 0. The zero-order valence-electron chi connectivity index (χ0n) is 12.1. The van der Waals surface area contributed by atoms with Crippen LogP contribution in [0.25, 0.3) is 0 Å².